The van der Waals surface area contributed by atoms with Gasteiger partial charge in [0.25, 0.3) is 10.0 Å². The number of nitrogens with zero attached hydrogens (tertiary/aromatic N) is 1. The van der Waals surface area contributed by atoms with Gasteiger partial charge >= 0.3 is 0 Å². The molecule has 0 aromatic heterocycles. The molecule has 3 rings (SSSR count). The third-order valence-electron chi connectivity index (χ3n) is 4.35. The number of benzene rings is 2. The van der Waals surface area contributed by atoms with Crippen LogP contribution in [0.25, 0.3) is 0 Å². The van der Waals surface area contributed by atoms with Crippen molar-refractivity contribution in [2.45, 2.75) is 18.2 Å². The molecule has 0 saturated carbocycles. The monoisotopic (exact) mass is 440 g/mol. The van der Waals surface area contributed by atoms with Crippen LogP contribution < -0.4 is 18.5 Å². The molecule has 0 radical (unpaired) electrons. The first-order chi connectivity index (χ1) is 13.6. The molecule has 0 bridgehead atoms. The second-order valence-corrected chi connectivity index (χ2v) is 9.96. The average molecular weight is 440 g/mol. The summed E-state index contributed by atoms with van der Waals surface area (Å²) in [6.07, 6.45) is -0.158. The molecule has 2 aromatic carbocycles. The normalized spacial score (nSPS) is 16.0. The SMILES string of the molecule is COc1ccc(C)cc1NS(=O)(=O)c1cc(N2C(=O)CCS2(=O)=O)ccc1OC. The van der Waals surface area contributed by atoms with E-state index < -0.39 is 26.0 Å². The van der Waals surface area contributed by atoms with E-state index in [1.54, 1.807) is 25.1 Å². The Balaban J connectivity index is 2.09. The standard InChI is InChI=1S/C18H20N2O7S2/c1-12-4-6-15(26-2)14(10-12)19-29(24,25)17-11-13(5-7-16(17)27-3)20-18(21)8-9-28(20,22)23/h4-7,10-11,19H,8-9H2,1-3H3. The Bertz CT molecular complexity index is 1170. The highest BCUT2D eigenvalue weighted by molar-refractivity contribution is 7.94. The molecule has 29 heavy (non-hydrogen) atoms. The molecule has 9 nitrogen and oxygen atoms in total. The van der Waals surface area contributed by atoms with Crippen LogP contribution in [0, 0.1) is 6.92 Å². The maximum atomic E-state index is 13.1. The number of hydrogen-bond donors (Lipinski definition) is 1. The van der Waals surface area contributed by atoms with Crippen molar-refractivity contribution in [3.63, 3.8) is 0 Å². The molecular formula is C18H20N2O7S2. The predicted octanol–water partition coefficient (Wildman–Crippen LogP) is 1.88. The largest absolute Gasteiger partial charge is 0.495 e. The van der Waals surface area contributed by atoms with Crippen LogP contribution in [0.3, 0.4) is 0 Å². The number of carbonyl (C=O) groups is 1. The zero-order valence-electron chi connectivity index (χ0n) is 16.0. The van der Waals surface area contributed by atoms with Crippen LogP contribution in [0.4, 0.5) is 11.4 Å². The van der Waals surface area contributed by atoms with E-state index in [4.69, 9.17) is 9.47 Å². The third kappa shape index (κ3) is 4.01. The summed E-state index contributed by atoms with van der Waals surface area (Å²) in [6.45, 7) is 1.79. The van der Waals surface area contributed by atoms with Gasteiger partial charge in [0, 0.05) is 6.42 Å². The first-order valence-electron chi connectivity index (χ1n) is 8.50. The molecule has 1 fully saturated rings. The number of nitrogens with one attached hydrogen (secondary N) is 1. The molecular weight excluding hydrogens is 420 g/mol. The summed E-state index contributed by atoms with van der Waals surface area (Å²) >= 11 is 0. The van der Waals surface area contributed by atoms with E-state index in [1.165, 1.54) is 26.4 Å². The second-order valence-electron chi connectivity index (χ2n) is 6.37. The molecule has 0 atom stereocenters. The number of anilines is 2. The lowest BCUT2D eigenvalue weighted by atomic mass is 10.2. The number of amides is 1. The summed E-state index contributed by atoms with van der Waals surface area (Å²) in [7, 11) is -5.34. The van der Waals surface area contributed by atoms with Gasteiger partial charge < -0.3 is 9.47 Å². The number of sulfonamides is 2. The highest BCUT2D eigenvalue weighted by Crippen LogP contribution is 2.35. The Kier molecular flexibility index (Phi) is 5.46. The fraction of sp³-hybridized carbons (Fsp3) is 0.278. The fourth-order valence-corrected chi connectivity index (χ4v) is 5.67. The van der Waals surface area contributed by atoms with E-state index in [2.05, 4.69) is 4.72 Å². The van der Waals surface area contributed by atoms with E-state index in [-0.39, 0.29) is 34.2 Å². The van der Waals surface area contributed by atoms with Crippen molar-refractivity contribution in [2.75, 3.05) is 29.0 Å². The number of rotatable bonds is 6. The van der Waals surface area contributed by atoms with E-state index >= 15 is 0 Å². The van der Waals surface area contributed by atoms with Crippen molar-refractivity contribution < 1.29 is 31.1 Å². The number of carbonyl (C=O) groups excluding carboxylic acids is 1. The van der Waals surface area contributed by atoms with Gasteiger partial charge in [-0.2, -0.15) is 0 Å². The van der Waals surface area contributed by atoms with Gasteiger partial charge in [0.1, 0.15) is 16.4 Å². The molecule has 1 aliphatic rings. The molecule has 0 unspecified atom stereocenters. The quantitative estimate of drug-likeness (QED) is 0.728. The smallest absolute Gasteiger partial charge is 0.265 e. The Morgan fingerprint density at radius 3 is 2.28 bits per heavy atom. The molecule has 0 aliphatic carbocycles. The zero-order valence-corrected chi connectivity index (χ0v) is 17.6. The minimum Gasteiger partial charge on any atom is -0.495 e. The Hall–Kier alpha value is -2.79. The van der Waals surface area contributed by atoms with Gasteiger partial charge in [-0.05, 0) is 42.8 Å². The van der Waals surface area contributed by atoms with Crippen LogP contribution in [-0.4, -0.2) is 42.7 Å². The van der Waals surface area contributed by atoms with Crippen LogP contribution in [-0.2, 0) is 24.8 Å². The van der Waals surface area contributed by atoms with E-state index in [0.717, 1.165) is 11.6 Å². The molecule has 1 aliphatic heterocycles. The van der Waals surface area contributed by atoms with Gasteiger partial charge in [-0.1, -0.05) is 6.07 Å². The molecule has 1 amide bonds. The van der Waals surface area contributed by atoms with Crippen LogP contribution in [0.1, 0.15) is 12.0 Å². The van der Waals surface area contributed by atoms with Crippen molar-refractivity contribution in [3.8, 4) is 11.5 Å². The average Bonchev–Trinajstić information content (AvgIpc) is 2.93. The summed E-state index contributed by atoms with van der Waals surface area (Å²) in [5.41, 5.74) is 0.952. The van der Waals surface area contributed by atoms with Gasteiger partial charge in [-0.15, -0.1) is 0 Å². The summed E-state index contributed by atoms with van der Waals surface area (Å²) in [5, 5.41) is 0. The lowest BCUT2D eigenvalue weighted by Gasteiger charge is -2.18. The van der Waals surface area contributed by atoms with Crippen molar-refractivity contribution in [3.05, 3.63) is 42.0 Å². The van der Waals surface area contributed by atoms with Crippen molar-refractivity contribution in [1.82, 2.24) is 0 Å². The van der Waals surface area contributed by atoms with Crippen LogP contribution in [0.5, 0.6) is 11.5 Å². The maximum Gasteiger partial charge on any atom is 0.265 e. The number of hydrogen-bond acceptors (Lipinski definition) is 7. The number of ether oxygens (including phenoxy) is 2. The summed E-state index contributed by atoms with van der Waals surface area (Å²) < 4.78 is 63.9. The third-order valence-corrected chi connectivity index (χ3v) is 7.43. The Labute approximate surface area is 169 Å². The van der Waals surface area contributed by atoms with Crippen LogP contribution >= 0.6 is 0 Å². The highest BCUT2D eigenvalue weighted by Gasteiger charge is 2.37. The topological polar surface area (TPSA) is 119 Å². The van der Waals surface area contributed by atoms with Crippen molar-refractivity contribution in [2.24, 2.45) is 0 Å². The lowest BCUT2D eigenvalue weighted by molar-refractivity contribution is -0.116. The first-order valence-corrected chi connectivity index (χ1v) is 11.6. The minimum atomic E-state index is -4.20. The summed E-state index contributed by atoms with van der Waals surface area (Å²) in [4.78, 5) is 11.7. The van der Waals surface area contributed by atoms with Gasteiger partial charge in [-0.25, -0.2) is 21.1 Å². The molecule has 11 heteroatoms. The molecule has 1 N–H and O–H groups in total. The highest BCUT2D eigenvalue weighted by atomic mass is 32.2. The zero-order chi connectivity index (χ0) is 21.4. The molecule has 156 valence electrons. The van der Waals surface area contributed by atoms with E-state index in [1.807, 2.05) is 0 Å². The summed E-state index contributed by atoms with van der Waals surface area (Å²) in [6, 6.07) is 8.72. The van der Waals surface area contributed by atoms with Crippen LogP contribution in [0.15, 0.2) is 41.3 Å². The maximum absolute atomic E-state index is 13.1. The van der Waals surface area contributed by atoms with Gasteiger partial charge in [0.15, 0.2) is 0 Å². The molecule has 2 aromatic rings. The van der Waals surface area contributed by atoms with Crippen molar-refractivity contribution >= 4 is 37.3 Å². The first kappa shape index (κ1) is 20.9. The van der Waals surface area contributed by atoms with Gasteiger partial charge in [0.05, 0.1) is 31.3 Å². The predicted molar refractivity (Wildman–Crippen MR) is 107 cm³/mol. The number of methoxy groups -OCH3 is 2. The van der Waals surface area contributed by atoms with Crippen molar-refractivity contribution in [1.29, 1.82) is 0 Å². The van der Waals surface area contributed by atoms with Gasteiger partial charge in [0.2, 0.25) is 15.9 Å². The van der Waals surface area contributed by atoms with E-state index in [0.29, 0.717) is 10.1 Å². The Morgan fingerprint density at radius 1 is 1.03 bits per heavy atom. The number of aryl methyl sites for hydroxylation is 1. The summed E-state index contributed by atoms with van der Waals surface area (Å²) in [5.74, 6) is -0.631. The lowest BCUT2D eigenvalue weighted by Crippen LogP contribution is -2.29. The fourth-order valence-electron chi connectivity index (χ4n) is 2.97. The molecule has 1 heterocycles. The second kappa shape index (κ2) is 7.56. The molecule has 0 spiro atoms. The molecule has 1 saturated heterocycles. The van der Waals surface area contributed by atoms with Crippen LogP contribution in [0.2, 0.25) is 0 Å². The van der Waals surface area contributed by atoms with Gasteiger partial charge in [-0.3, -0.25) is 9.52 Å². The van der Waals surface area contributed by atoms with E-state index in [9.17, 15) is 21.6 Å². The minimum absolute atomic E-state index is 0.00286. The Morgan fingerprint density at radius 2 is 1.69 bits per heavy atom.